The fraction of sp³-hybridized carbons (Fsp3) is 0.250. The lowest BCUT2D eigenvalue weighted by atomic mass is 10.1. The standard InChI is InChI=1S/C12H14ClN5O4/c1-3-15-12(14)17-11(20)7-4-8(13)10(18(21)22)5-9(7)16-6(2)19/h4-5H,3H2,1-2H3,(H,16,19)(H3,14,15,17,20). The number of rotatable bonds is 4. The quantitative estimate of drug-likeness (QED) is 0.330. The summed E-state index contributed by atoms with van der Waals surface area (Å²) in [6, 6.07) is 2.09. The Balaban J connectivity index is 3.29. The van der Waals surface area contributed by atoms with E-state index in [0.717, 1.165) is 12.1 Å². The first-order valence-corrected chi connectivity index (χ1v) is 6.50. The SMILES string of the molecule is CCN=C(N)NC(=O)c1cc(Cl)c([N+](=O)[O-])cc1NC(C)=O. The lowest BCUT2D eigenvalue weighted by molar-refractivity contribution is -0.384. The minimum absolute atomic E-state index is 0.0506. The Labute approximate surface area is 130 Å². The Morgan fingerprint density at radius 1 is 1.45 bits per heavy atom. The Hall–Kier alpha value is -2.68. The van der Waals surface area contributed by atoms with Gasteiger partial charge in [-0.1, -0.05) is 11.6 Å². The van der Waals surface area contributed by atoms with Crippen molar-refractivity contribution in [1.29, 1.82) is 0 Å². The molecule has 1 aromatic rings. The van der Waals surface area contributed by atoms with Crippen molar-refractivity contribution in [3.8, 4) is 0 Å². The number of carbonyl (C=O) groups excluding carboxylic acids is 2. The van der Waals surface area contributed by atoms with Gasteiger partial charge in [-0.05, 0) is 13.0 Å². The molecule has 9 nitrogen and oxygen atoms in total. The molecule has 2 amide bonds. The molecule has 22 heavy (non-hydrogen) atoms. The highest BCUT2D eigenvalue weighted by molar-refractivity contribution is 6.33. The van der Waals surface area contributed by atoms with E-state index >= 15 is 0 Å². The third-order valence-electron chi connectivity index (χ3n) is 2.41. The summed E-state index contributed by atoms with van der Waals surface area (Å²) in [5.74, 6) is -1.31. The van der Waals surface area contributed by atoms with Gasteiger partial charge in [0.25, 0.3) is 11.6 Å². The fourth-order valence-corrected chi connectivity index (χ4v) is 1.81. The number of halogens is 1. The number of nitro groups is 1. The molecule has 0 aliphatic carbocycles. The summed E-state index contributed by atoms with van der Waals surface area (Å²) in [7, 11) is 0. The summed E-state index contributed by atoms with van der Waals surface area (Å²) >= 11 is 5.78. The predicted octanol–water partition coefficient (Wildman–Crippen LogP) is 1.27. The summed E-state index contributed by atoms with van der Waals surface area (Å²) in [6.45, 7) is 3.30. The van der Waals surface area contributed by atoms with Gasteiger partial charge in [-0.3, -0.25) is 30.0 Å². The molecule has 0 atom stereocenters. The summed E-state index contributed by atoms with van der Waals surface area (Å²) < 4.78 is 0. The van der Waals surface area contributed by atoms with Crippen LogP contribution in [-0.2, 0) is 4.79 Å². The van der Waals surface area contributed by atoms with E-state index in [9.17, 15) is 19.7 Å². The second-order valence-corrected chi connectivity index (χ2v) is 4.51. The van der Waals surface area contributed by atoms with E-state index in [1.165, 1.54) is 6.92 Å². The van der Waals surface area contributed by atoms with Gasteiger partial charge < -0.3 is 11.1 Å². The lowest BCUT2D eigenvalue weighted by Crippen LogP contribution is -2.37. The Kier molecular flexibility index (Phi) is 5.81. The Bertz CT molecular complexity index is 659. The van der Waals surface area contributed by atoms with Crippen LogP contribution in [0.2, 0.25) is 5.02 Å². The zero-order valence-electron chi connectivity index (χ0n) is 11.8. The van der Waals surface area contributed by atoms with Gasteiger partial charge in [0.05, 0.1) is 16.2 Å². The number of anilines is 1. The van der Waals surface area contributed by atoms with Crippen molar-refractivity contribution in [2.45, 2.75) is 13.8 Å². The van der Waals surface area contributed by atoms with Crippen molar-refractivity contribution >= 4 is 40.7 Å². The highest BCUT2D eigenvalue weighted by Crippen LogP contribution is 2.31. The number of amides is 2. The molecule has 0 radical (unpaired) electrons. The van der Waals surface area contributed by atoms with E-state index in [1.807, 2.05) is 0 Å². The van der Waals surface area contributed by atoms with Crippen molar-refractivity contribution in [3.63, 3.8) is 0 Å². The largest absolute Gasteiger partial charge is 0.370 e. The molecule has 0 heterocycles. The third kappa shape index (κ3) is 4.42. The van der Waals surface area contributed by atoms with Gasteiger partial charge in [0.1, 0.15) is 5.02 Å². The number of aliphatic imine (C=N–C) groups is 1. The number of benzene rings is 1. The average Bonchev–Trinajstić information content (AvgIpc) is 2.39. The number of nitrogens with one attached hydrogen (secondary N) is 2. The molecule has 10 heteroatoms. The van der Waals surface area contributed by atoms with Crippen LogP contribution in [0.25, 0.3) is 0 Å². The highest BCUT2D eigenvalue weighted by Gasteiger charge is 2.21. The zero-order valence-corrected chi connectivity index (χ0v) is 12.6. The van der Waals surface area contributed by atoms with Crippen LogP contribution < -0.4 is 16.4 Å². The molecular weight excluding hydrogens is 314 g/mol. The number of hydrogen-bond acceptors (Lipinski definition) is 5. The molecule has 0 aliphatic heterocycles. The molecule has 0 spiro atoms. The minimum Gasteiger partial charge on any atom is -0.370 e. The number of hydrogen-bond donors (Lipinski definition) is 3. The van der Waals surface area contributed by atoms with Gasteiger partial charge in [-0.2, -0.15) is 0 Å². The van der Waals surface area contributed by atoms with Gasteiger partial charge in [-0.15, -0.1) is 0 Å². The van der Waals surface area contributed by atoms with E-state index in [1.54, 1.807) is 6.92 Å². The molecule has 0 saturated heterocycles. The van der Waals surface area contributed by atoms with E-state index in [2.05, 4.69) is 15.6 Å². The summed E-state index contributed by atoms with van der Waals surface area (Å²) in [4.78, 5) is 37.2. The molecular formula is C12H14ClN5O4. The molecule has 0 aromatic heterocycles. The van der Waals surface area contributed by atoms with Crippen molar-refractivity contribution in [3.05, 3.63) is 32.8 Å². The number of guanidine groups is 1. The monoisotopic (exact) mass is 327 g/mol. The van der Waals surface area contributed by atoms with E-state index < -0.39 is 22.4 Å². The van der Waals surface area contributed by atoms with Crippen LogP contribution in [0.15, 0.2) is 17.1 Å². The molecule has 0 saturated carbocycles. The van der Waals surface area contributed by atoms with Crippen LogP contribution in [0.5, 0.6) is 0 Å². The maximum atomic E-state index is 12.1. The van der Waals surface area contributed by atoms with Crippen LogP contribution in [0.4, 0.5) is 11.4 Å². The topological polar surface area (TPSA) is 140 Å². The van der Waals surface area contributed by atoms with Crippen molar-refractivity contribution < 1.29 is 14.5 Å². The first-order chi connectivity index (χ1) is 10.3. The maximum Gasteiger partial charge on any atom is 0.290 e. The fourth-order valence-electron chi connectivity index (χ4n) is 1.58. The second-order valence-electron chi connectivity index (χ2n) is 4.10. The first kappa shape index (κ1) is 17.4. The van der Waals surface area contributed by atoms with E-state index in [-0.39, 0.29) is 22.2 Å². The zero-order chi connectivity index (χ0) is 16.9. The third-order valence-corrected chi connectivity index (χ3v) is 2.71. The molecule has 0 aliphatic rings. The highest BCUT2D eigenvalue weighted by atomic mass is 35.5. The summed E-state index contributed by atoms with van der Waals surface area (Å²) in [5, 5.41) is 15.3. The second kappa shape index (κ2) is 7.36. The smallest absolute Gasteiger partial charge is 0.290 e. The molecule has 4 N–H and O–H groups in total. The Morgan fingerprint density at radius 3 is 2.59 bits per heavy atom. The van der Waals surface area contributed by atoms with Gasteiger partial charge in [0, 0.05) is 19.5 Å². The first-order valence-electron chi connectivity index (χ1n) is 6.13. The molecule has 0 fully saturated rings. The summed E-state index contributed by atoms with van der Waals surface area (Å²) in [6.07, 6.45) is 0. The molecule has 1 rings (SSSR count). The number of carbonyl (C=O) groups is 2. The normalized spacial score (nSPS) is 11.0. The van der Waals surface area contributed by atoms with Crippen LogP contribution in [0.3, 0.4) is 0 Å². The number of nitrogens with two attached hydrogens (primary N) is 1. The van der Waals surface area contributed by atoms with E-state index in [4.69, 9.17) is 17.3 Å². The average molecular weight is 328 g/mol. The van der Waals surface area contributed by atoms with Crippen LogP contribution >= 0.6 is 11.6 Å². The van der Waals surface area contributed by atoms with Gasteiger partial charge in [0.15, 0.2) is 5.96 Å². The van der Waals surface area contributed by atoms with Crippen LogP contribution in [0, 0.1) is 10.1 Å². The Morgan fingerprint density at radius 2 is 2.09 bits per heavy atom. The van der Waals surface area contributed by atoms with Crippen LogP contribution in [-0.4, -0.2) is 29.2 Å². The van der Waals surface area contributed by atoms with Gasteiger partial charge in [-0.25, -0.2) is 0 Å². The minimum atomic E-state index is -0.720. The molecule has 0 bridgehead atoms. The molecule has 1 aromatic carbocycles. The number of nitrogens with zero attached hydrogens (tertiary/aromatic N) is 2. The van der Waals surface area contributed by atoms with Crippen molar-refractivity contribution in [2.24, 2.45) is 10.7 Å². The summed E-state index contributed by atoms with van der Waals surface area (Å²) in [5.41, 5.74) is 4.93. The van der Waals surface area contributed by atoms with Crippen molar-refractivity contribution in [1.82, 2.24) is 5.32 Å². The number of nitro benzene ring substituents is 1. The van der Waals surface area contributed by atoms with Crippen LogP contribution in [0.1, 0.15) is 24.2 Å². The van der Waals surface area contributed by atoms with Gasteiger partial charge in [0.2, 0.25) is 5.91 Å². The maximum absolute atomic E-state index is 12.1. The lowest BCUT2D eigenvalue weighted by Gasteiger charge is -2.11. The predicted molar refractivity (Wildman–Crippen MR) is 82.0 cm³/mol. The van der Waals surface area contributed by atoms with E-state index in [0.29, 0.717) is 6.54 Å². The van der Waals surface area contributed by atoms with Crippen molar-refractivity contribution in [2.75, 3.05) is 11.9 Å². The molecule has 0 unspecified atom stereocenters. The molecule has 118 valence electrons. The van der Waals surface area contributed by atoms with Gasteiger partial charge >= 0.3 is 0 Å².